The number of thiazole rings is 1. The van der Waals surface area contributed by atoms with Gasteiger partial charge in [-0.1, -0.05) is 0 Å². The number of halogens is 1. The van der Waals surface area contributed by atoms with Gasteiger partial charge in [0.25, 0.3) is 5.91 Å². The van der Waals surface area contributed by atoms with Crippen molar-refractivity contribution >= 4 is 27.5 Å². The lowest BCUT2D eigenvalue weighted by molar-refractivity contribution is 0.0770. The van der Waals surface area contributed by atoms with E-state index in [-0.39, 0.29) is 18.0 Å². The summed E-state index contributed by atoms with van der Waals surface area (Å²) in [5.41, 5.74) is 3.31. The average molecular weight is 344 g/mol. The highest BCUT2D eigenvalue weighted by molar-refractivity contribution is 7.16. The molecule has 3 heterocycles. The number of nitrogens with zero attached hydrogens (tertiary/aromatic N) is 4. The molecule has 1 fully saturated rings. The normalized spacial score (nSPS) is 17.4. The van der Waals surface area contributed by atoms with Crippen LogP contribution in [-0.4, -0.2) is 45.0 Å². The first kappa shape index (κ1) is 14.9. The summed E-state index contributed by atoms with van der Waals surface area (Å²) in [4.78, 5) is 26.2. The number of ether oxygens (including phenoxy) is 1. The molecule has 8 heteroatoms. The maximum absolute atomic E-state index is 12.8. The van der Waals surface area contributed by atoms with Gasteiger partial charge in [-0.2, -0.15) is 0 Å². The van der Waals surface area contributed by atoms with E-state index in [2.05, 4.69) is 15.0 Å². The molecular weight excluding hydrogens is 331 g/mol. The summed E-state index contributed by atoms with van der Waals surface area (Å²) < 4.78 is 19.4. The number of carbonyl (C=O) groups is 1. The van der Waals surface area contributed by atoms with E-state index >= 15 is 0 Å². The Balaban J connectivity index is 1.43. The number of aromatic nitrogens is 3. The van der Waals surface area contributed by atoms with Crippen molar-refractivity contribution in [1.82, 2.24) is 19.9 Å². The van der Waals surface area contributed by atoms with E-state index in [0.29, 0.717) is 25.1 Å². The van der Waals surface area contributed by atoms with Crippen molar-refractivity contribution in [2.75, 3.05) is 13.1 Å². The average Bonchev–Trinajstić information content (AvgIpc) is 3.24. The minimum atomic E-state index is -0.510. The van der Waals surface area contributed by atoms with Gasteiger partial charge in [0.2, 0.25) is 0 Å². The van der Waals surface area contributed by atoms with Crippen molar-refractivity contribution in [3.63, 3.8) is 0 Å². The largest absolute Gasteiger partial charge is 0.458 e. The third kappa shape index (κ3) is 2.92. The van der Waals surface area contributed by atoms with Crippen molar-refractivity contribution in [3.8, 4) is 6.01 Å². The summed E-state index contributed by atoms with van der Waals surface area (Å²) in [7, 11) is 0. The fourth-order valence-corrected chi connectivity index (χ4v) is 3.41. The third-order valence-electron chi connectivity index (χ3n) is 3.88. The molecule has 1 aliphatic rings. The zero-order valence-corrected chi connectivity index (χ0v) is 13.4. The van der Waals surface area contributed by atoms with Crippen LogP contribution in [0.3, 0.4) is 0 Å². The predicted octanol–water partition coefficient (Wildman–Crippen LogP) is 2.52. The summed E-state index contributed by atoms with van der Waals surface area (Å²) in [6, 6.07) is 5.64. The first-order valence-corrected chi connectivity index (χ1v) is 8.34. The predicted molar refractivity (Wildman–Crippen MR) is 86.5 cm³/mol. The summed E-state index contributed by atoms with van der Waals surface area (Å²) in [6.45, 7) is 1.06. The molecule has 0 unspecified atom stereocenters. The Kier molecular flexibility index (Phi) is 3.81. The van der Waals surface area contributed by atoms with Crippen LogP contribution in [0.5, 0.6) is 6.01 Å². The van der Waals surface area contributed by atoms with Gasteiger partial charge in [-0.05, 0) is 18.2 Å². The highest BCUT2D eigenvalue weighted by Gasteiger charge is 2.29. The number of carbonyl (C=O) groups excluding carboxylic acids is 1. The third-order valence-corrected chi connectivity index (χ3v) is 4.67. The van der Waals surface area contributed by atoms with Crippen LogP contribution >= 0.6 is 11.3 Å². The molecule has 0 spiro atoms. The van der Waals surface area contributed by atoms with Crippen LogP contribution in [0.15, 0.2) is 36.1 Å². The molecule has 6 nitrogen and oxygen atoms in total. The molecule has 1 aromatic carbocycles. The zero-order chi connectivity index (χ0) is 16.5. The van der Waals surface area contributed by atoms with Crippen molar-refractivity contribution in [1.29, 1.82) is 0 Å². The van der Waals surface area contributed by atoms with Crippen LogP contribution < -0.4 is 4.74 Å². The van der Waals surface area contributed by atoms with Crippen LogP contribution in [0, 0.1) is 5.82 Å². The second-order valence-electron chi connectivity index (χ2n) is 5.50. The van der Waals surface area contributed by atoms with Gasteiger partial charge in [-0.3, -0.25) is 4.79 Å². The van der Waals surface area contributed by atoms with Crippen molar-refractivity contribution in [2.24, 2.45) is 0 Å². The summed E-state index contributed by atoms with van der Waals surface area (Å²) in [5, 5.41) is 0. The monoisotopic (exact) mass is 344 g/mol. The van der Waals surface area contributed by atoms with Gasteiger partial charge in [0.05, 0.1) is 34.7 Å². The second-order valence-corrected chi connectivity index (χ2v) is 6.38. The highest BCUT2D eigenvalue weighted by atomic mass is 32.1. The van der Waals surface area contributed by atoms with Crippen LogP contribution in [-0.2, 0) is 0 Å². The molecular formula is C16H13FN4O2S. The maximum atomic E-state index is 12.8. The molecule has 122 valence electrons. The molecule has 0 N–H and O–H groups in total. The van der Waals surface area contributed by atoms with E-state index in [1.54, 1.807) is 16.5 Å². The Morgan fingerprint density at radius 1 is 1.29 bits per heavy atom. The van der Waals surface area contributed by atoms with Crippen LogP contribution in [0.4, 0.5) is 4.39 Å². The van der Waals surface area contributed by atoms with E-state index in [1.165, 1.54) is 11.3 Å². The number of fused-ring (bicyclic) bond motifs is 1. The van der Waals surface area contributed by atoms with Gasteiger partial charge in [0.1, 0.15) is 6.10 Å². The molecule has 1 amide bonds. The molecule has 0 aliphatic carbocycles. The Morgan fingerprint density at radius 3 is 2.96 bits per heavy atom. The van der Waals surface area contributed by atoms with E-state index in [9.17, 15) is 9.18 Å². The molecule has 1 saturated heterocycles. The minimum Gasteiger partial charge on any atom is -0.458 e. The lowest BCUT2D eigenvalue weighted by Gasteiger charge is -2.16. The van der Waals surface area contributed by atoms with Crippen LogP contribution in [0.25, 0.3) is 10.2 Å². The first-order chi connectivity index (χ1) is 11.7. The fraction of sp³-hybridized carbons (Fsp3) is 0.250. The minimum absolute atomic E-state index is 0.0311. The Hall–Kier alpha value is -2.61. The Bertz CT molecular complexity index is 883. The van der Waals surface area contributed by atoms with E-state index < -0.39 is 5.82 Å². The quantitative estimate of drug-likeness (QED) is 0.730. The van der Waals surface area contributed by atoms with Gasteiger partial charge in [-0.15, -0.1) is 11.3 Å². The molecule has 0 bridgehead atoms. The molecule has 24 heavy (non-hydrogen) atoms. The van der Waals surface area contributed by atoms with E-state index in [0.717, 1.165) is 22.6 Å². The molecule has 3 aromatic rings. The van der Waals surface area contributed by atoms with Gasteiger partial charge in [0, 0.05) is 18.5 Å². The van der Waals surface area contributed by atoms with Gasteiger partial charge in [-0.25, -0.2) is 19.3 Å². The summed E-state index contributed by atoms with van der Waals surface area (Å²) in [5.74, 6) is -0.541. The lowest BCUT2D eigenvalue weighted by atomic mass is 10.2. The first-order valence-electron chi connectivity index (χ1n) is 7.46. The Morgan fingerprint density at radius 2 is 2.12 bits per heavy atom. The topological polar surface area (TPSA) is 68.2 Å². The molecule has 0 saturated carbocycles. The summed E-state index contributed by atoms with van der Waals surface area (Å²) in [6.07, 6.45) is 2.62. The van der Waals surface area contributed by atoms with Gasteiger partial charge in [0.15, 0.2) is 5.82 Å². The fourth-order valence-electron chi connectivity index (χ4n) is 2.69. The zero-order valence-electron chi connectivity index (χ0n) is 12.6. The van der Waals surface area contributed by atoms with E-state index in [4.69, 9.17) is 4.74 Å². The molecule has 0 radical (unpaired) electrons. The number of rotatable bonds is 3. The standard InChI is InChI=1S/C16H13FN4O2S/c17-11-6-18-16(19-7-11)23-12-3-4-21(8-12)15(22)10-1-2-13-14(5-10)24-9-20-13/h1-2,5-7,9,12H,3-4,8H2/t12-/m0/s1. The Labute approximate surface area is 140 Å². The number of likely N-dealkylation sites (tertiary alicyclic amines) is 1. The van der Waals surface area contributed by atoms with E-state index in [1.807, 2.05) is 12.1 Å². The smallest absolute Gasteiger partial charge is 0.316 e. The molecule has 2 aromatic heterocycles. The second kappa shape index (κ2) is 6.12. The van der Waals surface area contributed by atoms with Gasteiger partial charge >= 0.3 is 6.01 Å². The van der Waals surface area contributed by atoms with Crippen LogP contribution in [0.1, 0.15) is 16.8 Å². The number of amides is 1. The van der Waals surface area contributed by atoms with Gasteiger partial charge < -0.3 is 9.64 Å². The summed E-state index contributed by atoms with van der Waals surface area (Å²) >= 11 is 1.51. The molecule has 1 aliphatic heterocycles. The number of hydrogen-bond donors (Lipinski definition) is 0. The lowest BCUT2D eigenvalue weighted by Crippen LogP contribution is -2.31. The van der Waals surface area contributed by atoms with Crippen molar-refractivity contribution < 1.29 is 13.9 Å². The highest BCUT2D eigenvalue weighted by Crippen LogP contribution is 2.22. The van der Waals surface area contributed by atoms with Crippen molar-refractivity contribution in [3.05, 3.63) is 47.5 Å². The van der Waals surface area contributed by atoms with Crippen molar-refractivity contribution in [2.45, 2.75) is 12.5 Å². The van der Waals surface area contributed by atoms with Crippen LogP contribution in [0.2, 0.25) is 0 Å². The number of benzene rings is 1. The maximum Gasteiger partial charge on any atom is 0.316 e. The molecule has 1 atom stereocenters. The SMILES string of the molecule is O=C(c1ccc2ncsc2c1)N1CC[C@H](Oc2ncc(F)cn2)C1. The number of hydrogen-bond acceptors (Lipinski definition) is 6. The molecule has 4 rings (SSSR count).